The monoisotopic (exact) mass is 698 g/mol. The van der Waals surface area contributed by atoms with E-state index in [0.717, 1.165) is 0 Å². The van der Waals surface area contributed by atoms with Gasteiger partial charge in [-0.3, -0.25) is 0 Å². The summed E-state index contributed by atoms with van der Waals surface area (Å²) in [5.74, 6) is 0. The van der Waals surface area contributed by atoms with E-state index in [2.05, 4.69) is 224 Å². The van der Waals surface area contributed by atoms with Gasteiger partial charge >= 0.3 is 0 Å². The fourth-order valence-electron chi connectivity index (χ4n) is 6.94. The maximum atomic E-state index is 2.47. The maximum absolute atomic E-state index is 2.47. The summed E-state index contributed by atoms with van der Waals surface area (Å²) in [5.41, 5.74) is 12.5. The number of rotatable bonds is 14. The average Bonchev–Trinajstić information content (AvgIpc) is 3.06. The van der Waals surface area contributed by atoms with Crippen molar-refractivity contribution < 1.29 is 0 Å². The van der Waals surface area contributed by atoms with Gasteiger partial charge in [0.15, 0.2) is 0 Å². The van der Waals surface area contributed by atoms with Crippen LogP contribution in [0.5, 0.6) is 0 Å². The highest BCUT2D eigenvalue weighted by atomic mass is 28.3. The number of benzene rings is 4. The summed E-state index contributed by atoms with van der Waals surface area (Å²) in [6.45, 7) is 27.8. The molecule has 4 aromatic rings. The van der Waals surface area contributed by atoms with Gasteiger partial charge < -0.3 is 9.80 Å². The molecule has 0 aliphatic rings. The summed E-state index contributed by atoms with van der Waals surface area (Å²) in [6.07, 6.45) is 9.09. The first-order chi connectivity index (χ1) is 23.6. The van der Waals surface area contributed by atoms with Crippen molar-refractivity contribution >= 4 is 62.2 Å². The Morgan fingerprint density at radius 1 is 0.360 bits per heavy atom. The summed E-state index contributed by atoms with van der Waals surface area (Å²) in [7, 11) is -3.46. The van der Waals surface area contributed by atoms with Crippen LogP contribution in [0.3, 0.4) is 0 Å². The second kappa shape index (κ2) is 16.9. The highest BCUT2D eigenvalue weighted by Crippen LogP contribution is 2.23. The summed E-state index contributed by atoms with van der Waals surface area (Å²) in [6, 6.07) is 38.3. The molecule has 0 unspecified atom stereocenters. The van der Waals surface area contributed by atoms with Gasteiger partial charge in [-0.15, -0.1) is 0 Å². The Hall–Kier alpha value is -3.87. The topological polar surface area (TPSA) is 6.48 Å². The van der Waals surface area contributed by atoms with Crippen LogP contribution in [0.25, 0.3) is 24.3 Å². The van der Waals surface area contributed by atoms with Gasteiger partial charge in [-0.25, -0.2) is 0 Å². The normalized spacial score (nSPS) is 12.9. The quantitative estimate of drug-likeness (QED) is 0.0955. The van der Waals surface area contributed by atoms with Gasteiger partial charge in [0, 0.05) is 35.5 Å². The molecule has 0 atom stereocenters. The molecule has 50 heavy (non-hydrogen) atoms. The zero-order valence-corrected chi connectivity index (χ0v) is 34.9. The molecule has 4 heteroatoms. The number of anilines is 2. The lowest BCUT2D eigenvalue weighted by atomic mass is 10.1. The van der Waals surface area contributed by atoms with Crippen molar-refractivity contribution in [3.05, 3.63) is 131 Å². The Morgan fingerprint density at radius 3 is 0.860 bits per heavy atom. The third kappa shape index (κ3) is 10.3. The lowest BCUT2D eigenvalue weighted by Crippen LogP contribution is -2.39. The van der Waals surface area contributed by atoms with Gasteiger partial charge in [0.05, 0.1) is 0 Å². The molecule has 4 aromatic carbocycles. The van der Waals surface area contributed by atoms with Gasteiger partial charge in [-0.2, -0.15) is 0 Å². The lowest BCUT2D eigenvalue weighted by Gasteiger charge is -2.33. The molecule has 0 saturated carbocycles. The van der Waals surface area contributed by atoms with Crippen LogP contribution in [-0.4, -0.2) is 40.3 Å². The minimum absolute atomic E-state index is 0.481. The Morgan fingerprint density at radius 2 is 0.600 bits per heavy atom. The van der Waals surface area contributed by atoms with Crippen molar-refractivity contribution in [3.8, 4) is 0 Å². The molecule has 0 fully saturated rings. The molecule has 4 rings (SSSR count). The van der Waals surface area contributed by atoms with Crippen molar-refractivity contribution in [2.75, 3.05) is 9.80 Å². The van der Waals surface area contributed by atoms with Gasteiger partial charge in [-0.05, 0) is 102 Å². The Balaban J connectivity index is 1.36. The predicted octanol–water partition coefficient (Wildman–Crippen LogP) is 11.4. The van der Waals surface area contributed by atoms with Gasteiger partial charge in [0.2, 0.25) is 0 Å². The van der Waals surface area contributed by atoms with Crippen LogP contribution in [-0.2, 0) is 0 Å². The molecule has 0 aromatic heterocycles. The fraction of sp³-hybridized carbons (Fsp3) is 0.348. The summed E-state index contributed by atoms with van der Waals surface area (Å²) in [4.78, 5) is 4.93. The van der Waals surface area contributed by atoms with E-state index in [1.807, 2.05) is 0 Å². The Kier molecular flexibility index (Phi) is 13.2. The zero-order chi connectivity index (χ0) is 36.6. The van der Waals surface area contributed by atoms with Crippen molar-refractivity contribution in [2.45, 2.75) is 106 Å². The first kappa shape index (κ1) is 38.9. The summed E-state index contributed by atoms with van der Waals surface area (Å²) >= 11 is 0. The first-order valence-corrected chi connectivity index (χ1v) is 24.8. The molecule has 0 spiro atoms. The van der Waals surface area contributed by atoms with Crippen LogP contribution in [0.2, 0.25) is 26.2 Å². The van der Waals surface area contributed by atoms with Crippen molar-refractivity contribution in [1.29, 1.82) is 0 Å². The van der Waals surface area contributed by atoms with Crippen LogP contribution in [0.1, 0.15) is 77.6 Å². The second-order valence-electron chi connectivity index (χ2n) is 16.1. The molecule has 0 radical (unpaired) electrons. The SMILES string of the molecule is CC(C)N(c1ccc(/C=C/[Si](C)(C)c2ccc(/C=C/c3ccc([Si](C)(C)/C=C/c4ccc(N(C(C)C)C(C)C)cc4)cc3)cc2)cc1)C(C)C. The van der Waals surface area contributed by atoms with E-state index in [4.69, 9.17) is 0 Å². The Bertz CT molecular complexity index is 1580. The average molecular weight is 699 g/mol. The molecular formula is C46H62N2Si2. The molecule has 0 N–H and O–H groups in total. The van der Waals surface area contributed by atoms with E-state index in [0.29, 0.717) is 24.2 Å². The second-order valence-corrected chi connectivity index (χ2v) is 24.8. The van der Waals surface area contributed by atoms with E-state index in [1.54, 1.807) is 0 Å². The van der Waals surface area contributed by atoms with Gasteiger partial charge in [0.1, 0.15) is 16.1 Å². The fourth-order valence-corrected chi connectivity index (χ4v) is 10.6. The largest absolute Gasteiger partial charge is 0.367 e. The minimum atomic E-state index is -1.73. The zero-order valence-electron chi connectivity index (χ0n) is 32.9. The third-order valence-electron chi connectivity index (χ3n) is 9.77. The van der Waals surface area contributed by atoms with E-state index in [1.165, 1.54) is 44.0 Å². The van der Waals surface area contributed by atoms with Gasteiger partial charge in [0.25, 0.3) is 0 Å². The number of hydrogen-bond acceptors (Lipinski definition) is 2. The highest BCUT2D eigenvalue weighted by molar-refractivity contribution is 6.94. The molecule has 0 aliphatic carbocycles. The first-order valence-electron chi connectivity index (χ1n) is 18.6. The molecule has 0 saturated heterocycles. The van der Waals surface area contributed by atoms with Crippen LogP contribution < -0.4 is 20.2 Å². The minimum Gasteiger partial charge on any atom is -0.367 e. The van der Waals surface area contributed by atoms with Crippen LogP contribution in [0.4, 0.5) is 11.4 Å². The van der Waals surface area contributed by atoms with Crippen LogP contribution in [0, 0.1) is 0 Å². The third-order valence-corrected chi connectivity index (χ3v) is 15.4. The van der Waals surface area contributed by atoms with Crippen molar-refractivity contribution in [1.82, 2.24) is 0 Å². The van der Waals surface area contributed by atoms with E-state index >= 15 is 0 Å². The van der Waals surface area contributed by atoms with E-state index < -0.39 is 16.1 Å². The molecule has 0 bridgehead atoms. The lowest BCUT2D eigenvalue weighted by molar-refractivity contribution is 0.608. The molecule has 264 valence electrons. The molecule has 2 nitrogen and oxygen atoms in total. The van der Waals surface area contributed by atoms with Gasteiger partial charge in [-0.1, -0.05) is 145 Å². The van der Waals surface area contributed by atoms with E-state index in [-0.39, 0.29) is 0 Å². The smallest absolute Gasteiger partial charge is 0.104 e. The van der Waals surface area contributed by atoms with Crippen LogP contribution >= 0.6 is 0 Å². The molecule has 0 heterocycles. The molecule has 0 amide bonds. The summed E-state index contributed by atoms with van der Waals surface area (Å²) in [5, 5.41) is 2.89. The van der Waals surface area contributed by atoms with Crippen molar-refractivity contribution in [2.24, 2.45) is 0 Å². The Labute approximate surface area is 307 Å². The van der Waals surface area contributed by atoms with Crippen molar-refractivity contribution in [3.63, 3.8) is 0 Å². The maximum Gasteiger partial charge on any atom is 0.104 e. The summed E-state index contributed by atoms with van der Waals surface area (Å²) < 4.78 is 0. The molecular weight excluding hydrogens is 637 g/mol. The highest BCUT2D eigenvalue weighted by Gasteiger charge is 2.21. The standard InChI is InChI=1S/C46H62N2Si2/c1-35(2)47(36(3)4)43-23-15-41(16-24-43)31-33-49(9,10)45-27-19-39(20-28-45)13-14-40-21-29-46(30-22-40)50(11,12)34-32-42-17-25-44(26-18-42)48(37(5)6)38(7)8/h13-38H,1-12H3/b14-13+,33-31+,34-32+. The van der Waals surface area contributed by atoms with Crippen LogP contribution in [0.15, 0.2) is 108 Å². The predicted molar refractivity (Wildman–Crippen MR) is 232 cm³/mol. The number of nitrogens with zero attached hydrogens (tertiary/aromatic N) is 2. The molecule has 0 aliphatic heterocycles. The van der Waals surface area contributed by atoms with E-state index in [9.17, 15) is 0 Å². The number of hydrogen-bond donors (Lipinski definition) is 0.